The molecule has 1 aromatic carbocycles. The van der Waals surface area contributed by atoms with E-state index in [-0.39, 0.29) is 23.3 Å². The van der Waals surface area contributed by atoms with Crippen molar-refractivity contribution >= 4 is 11.6 Å². The van der Waals surface area contributed by atoms with Gasteiger partial charge in [-0.3, -0.25) is 4.79 Å². The van der Waals surface area contributed by atoms with E-state index in [9.17, 15) is 9.90 Å². The number of carbonyl (C=O) groups excluding carboxylic acids is 1. The fourth-order valence-corrected chi connectivity index (χ4v) is 4.36. The minimum Gasteiger partial charge on any atom is -0.391 e. The SMILES string of the molecule is CCCCNC(=O)[C@H](C)C[C@H](O)[C@@H](N)CC(C)(C)CCN1CCCc2ccccc21. The molecule has 1 aliphatic rings. The second-order valence-electron chi connectivity index (χ2n) is 9.85. The average Bonchev–Trinajstić information content (AvgIpc) is 2.71. The number of benzene rings is 1. The monoisotopic (exact) mass is 417 g/mol. The van der Waals surface area contributed by atoms with Crippen LogP contribution in [0, 0.1) is 11.3 Å². The van der Waals surface area contributed by atoms with Crippen molar-refractivity contribution in [2.45, 2.75) is 84.8 Å². The minimum atomic E-state index is -0.660. The number of unbranched alkanes of at least 4 members (excludes halogenated alkanes) is 1. The van der Waals surface area contributed by atoms with E-state index in [4.69, 9.17) is 5.73 Å². The maximum atomic E-state index is 12.2. The van der Waals surface area contributed by atoms with Crippen LogP contribution in [0.3, 0.4) is 0 Å². The van der Waals surface area contributed by atoms with Crippen molar-refractivity contribution in [3.8, 4) is 0 Å². The van der Waals surface area contributed by atoms with E-state index >= 15 is 0 Å². The molecule has 0 radical (unpaired) electrons. The highest BCUT2D eigenvalue weighted by Crippen LogP contribution is 2.32. The molecule has 1 aliphatic heterocycles. The second kappa shape index (κ2) is 11.7. The number of hydrogen-bond acceptors (Lipinski definition) is 4. The first-order valence-corrected chi connectivity index (χ1v) is 11.8. The van der Waals surface area contributed by atoms with Gasteiger partial charge in [0.15, 0.2) is 0 Å². The Hall–Kier alpha value is -1.59. The Bertz CT molecular complexity index is 662. The largest absolute Gasteiger partial charge is 0.391 e. The maximum absolute atomic E-state index is 12.2. The lowest BCUT2D eigenvalue weighted by atomic mass is 9.80. The number of nitrogens with one attached hydrogen (secondary N) is 1. The summed E-state index contributed by atoms with van der Waals surface area (Å²) in [7, 11) is 0. The Labute approximate surface area is 183 Å². The predicted octanol–water partition coefficient (Wildman–Crippen LogP) is 3.88. The van der Waals surface area contributed by atoms with Crippen LogP contribution in [0.2, 0.25) is 0 Å². The van der Waals surface area contributed by atoms with Gasteiger partial charge in [-0.2, -0.15) is 0 Å². The zero-order chi connectivity index (χ0) is 22.1. The number of amides is 1. The van der Waals surface area contributed by atoms with E-state index in [0.29, 0.717) is 13.0 Å². The topological polar surface area (TPSA) is 78.6 Å². The lowest BCUT2D eigenvalue weighted by Crippen LogP contribution is -2.42. The van der Waals surface area contributed by atoms with Crippen LogP contribution in [0.1, 0.15) is 71.8 Å². The quantitative estimate of drug-likeness (QED) is 0.451. The Morgan fingerprint density at radius 2 is 2.07 bits per heavy atom. The van der Waals surface area contributed by atoms with E-state index in [1.165, 1.54) is 17.7 Å². The Balaban J connectivity index is 1.80. The summed E-state index contributed by atoms with van der Waals surface area (Å²) >= 11 is 0. The van der Waals surface area contributed by atoms with Crippen LogP contribution in [0.4, 0.5) is 5.69 Å². The second-order valence-corrected chi connectivity index (χ2v) is 9.85. The molecule has 2 rings (SSSR count). The van der Waals surface area contributed by atoms with Crippen molar-refractivity contribution in [1.82, 2.24) is 5.32 Å². The third kappa shape index (κ3) is 7.59. The van der Waals surface area contributed by atoms with Gasteiger partial charge in [0.25, 0.3) is 0 Å². The zero-order valence-corrected chi connectivity index (χ0v) is 19.5. The van der Waals surface area contributed by atoms with E-state index in [2.05, 4.69) is 55.3 Å². The van der Waals surface area contributed by atoms with E-state index in [1.54, 1.807) is 0 Å². The fourth-order valence-electron chi connectivity index (χ4n) is 4.36. The zero-order valence-electron chi connectivity index (χ0n) is 19.5. The van der Waals surface area contributed by atoms with Gasteiger partial charge in [-0.25, -0.2) is 0 Å². The molecule has 3 atom stereocenters. The molecular weight excluding hydrogens is 374 g/mol. The van der Waals surface area contributed by atoms with Gasteiger partial charge in [-0.1, -0.05) is 52.3 Å². The number of aliphatic hydroxyl groups excluding tert-OH is 1. The van der Waals surface area contributed by atoms with Gasteiger partial charge in [0.05, 0.1) is 6.10 Å². The van der Waals surface area contributed by atoms with Crippen LogP contribution in [0.15, 0.2) is 24.3 Å². The van der Waals surface area contributed by atoms with Crippen LogP contribution in [-0.4, -0.2) is 42.8 Å². The summed E-state index contributed by atoms with van der Waals surface area (Å²) in [4.78, 5) is 14.7. The summed E-state index contributed by atoms with van der Waals surface area (Å²) in [5.41, 5.74) is 9.20. The lowest BCUT2D eigenvalue weighted by molar-refractivity contribution is -0.125. The summed E-state index contributed by atoms with van der Waals surface area (Å²) in [6, 6.07) is 8.38. The first-order valence-electron chi connectivity index (χ1n) is 11.8. The fraction of sp³-hybridized carbons (Fsp3) is 0.720. The minimum absolute atomic E-state index is 0.0118. The Morgan fingerprint density at radius 1 is 1.33 bits per heavy atom. The Morgan fingerprint density at radius 3 is 2.80 bits per heavy atom. The number of carbonyl (C=O) groups is 1. The molecule has 0 saturated carbocycles. The van der Waals surface area contributed by atoms with Gasteiger partial charge < -0.3 is 21.1 Å². The third-order valence-electron chi connectivity index (χ3n) is 6.42. The molecule has 0 fully saturated rings. The van der Waals surface area contributed by atoms with Crippen molar-refractivity contribution in [1.29, 1.82) is 0 Å². The molecule has 0 aromatic heterocycles. The molecule has 1 aromatic rings. The summed E-state index contributed by atoms with van der Waals surface area (Å²) in [5, 5.41) is 13.5. The summed E-state index contributed by atoms with van der Waals surface area (Å²) in [6.45, 7) is 11.2. The predicted molar refractivity (Wildman–Crippen MR) is 126 cm³/mol. The molecule has 0 unspecified atom stereocenters. The van der Waals surface area contributed by atoms with Crippen molar-refractivity contribution in [3.05, 3.63) is 29.8 Å². The van der Waals surface area contributed by atoms with Crippen LogP contribution < -0.4 is 16.0 Å². The molecule has 0 bridgehead atoms. The summed E-state index contributed by atoms with van der Waals surface area (Å²) < 4.78 is 0. The van der Waals surface area contributed by atoms with E-state index in [1.807, 2.05) is 6.92 Å². The Kier molecular flexibility index (Phi) is 9.63. The molecule has 4 N–H and O–H groups in total. The number of rotatable bonds is 12. The summed E-state index contributed by atoms with van der Waals surface area (Å²) in [5.74, 6) is -0.214. The van der Waals surface area contributed by atoms with Gasteiger partial charge in [0.1, 0.15) is 0 Å². The van der Waals surface area contributed by atoms with Crippen molar-refractivity contribution in [2.75, 3.05) is 24.5 Å². The highest BCUT2D eigenvalue weighted by atomic mass is 16.3. The molecule has 5 heteroatoms. The first kappa shape index (κ1) is 24.7. The van der Waals surface area contributed by atoms with E-state index in [0.717, 1.165) is 45.2 Å². The van der Waals surface area contributed by atoms with Crippen molar-refractivity contribution < 1.29 is 9.90 Å². The number of nitrogens with zero attached hydrogens (tertiary/aromatic N) is 1. The van der Waals surface area contributed by atoms with Gasteiger partial charge in [0, 0.05) is 37.3 Å². The number of hydrogen-bond donors (Lipinski definition) is 3. The molecule has 170 valence electrons. The molecule has 1 heterocycles. The van der Waals surface area contributed by atoms with Crippen LogP contribution >= 0.6 is 0 Å². The average molecular weight is 418 g/mol. The molecule has 30 heavy (non-hydrogen) atoms. The first-order chi connectivity index (χ1) is 14.2. The van der Waals surface area contributed by atoms with E-state index < -0.39 is 6.10 Å². The maximum Gasteiger partial charge on any atom is 0.222 e. The summed E-state index contributed by atoms with van der Waals surface area (Å²) in [6.07, 6.45) is 5.92. The molecule has 0 aliphatic carbocycles. The van der Waals surface area contributed by atoms with Gasteiger partial charge in [0.2, 0.25) is 5.91 Å². The number of aryl methyl sites for hydroxylation is 1. The number of fused-ring (bicyclic) bond motifs is 1. The number of nitrogens with two attached hydrogens (primary N) is 1. The lowest BCUT2D eigenvalue weighted by Gasteiger charge is -2.36. The molecular formula is C25H43N3O2. The van der Waals surface area contributed by atoms with Crippen LogP contribution in [0.25, 0.3) is 0 Å². The highest BCUT2D eigenvalue weighted by molar-refractivity contribution is 5.78. The van der Waals surface area contributed by atoms with Gasteiger partial charge in [-0.05, 0) is 55.6 Å². The molecule has 0 spiro atoms. The molecule has 5 nitrogen and oxygen atoms in total. The standard InChI is InChI=1S/C25H43N3O2/c1-5-6-14-27-24(30)19(2)17-23(29)21(26)18-25(3,4)13-16-28-15-9-11-20-10-7-8-12-22(20)28/h7-8,10,12,19,21,23,29H,5-6,9,11,13-18,26H2,1-4H3,(H,27,30)/t19-,21+,23+/m1/s1. The molecule has 0 saturated heterocycles. The smallest absolute Gasteiger partial charge is 0.222 e. The number of aliphatic hydroxyl groups is 1. The highest BCUT2D eigenvalue weighted by Gasteiger charge is 2.29. The van der Waals surface area contributed by atoms with Crippen molar-refractivity contribution in [2.24, 2.45) is 17.1 Å². The van der Waals surface area contributed by atoms with Gasteiger partial charge >= 0.3 is 0 Å². The normalized spacial score (nSPS) is 17.2. The van der Waals surface area contributed by atoms with Crippen LogP contribution in [0.5, 0.6) is 0 Å². The van der Waals surface area contributed by atoms with Gasteiger partial charge in [-0.15, -0.1) is 0 Å². The van der Waals surface area contributed by atoms with Crippen molar-refractivity contribution in [3.63, 3.8) is 0 Å². The third-order valence-corrected chi connectivity index (χ3v) is 6.42. The van der Waals surface area contributed by atoms with Crippen LogP contribution in [-0.2, 0) is 11.2 Å². The number of anilines is 1. The number of para-hydroxylation sites is 1. The molecule has 1 amide bonds.